The van der Waals surface area contributed by atoms with E-state index in [1.165, 1.54) is 18.2 Å². The largest absolute Gasteiger partial charge is 0.398 e. The van der Waals surface area contributed by atoms with E-state index in [0.717, 1.165) is 6.07 Å². The van der Waals surface area contributed by atoms with Crippen LogP contribution in [-0.4, -0.2) is 14.6 Å². The Morgan fingerprint density at radius 2 is 1.71 bits per heavy atom. The second-order valence-electron chi connectivity index (χ2n) is 4.12. The van der Waals surface area contributed by atoms with E-state index in [-0.39, 0.29) is 18.4 Å². The van der Waals surface area contributed by atoms with Gasteiger partial charge < -0.3 is 0 Å². The summed E-state index contributed by atoms with van der Waals surface area (Å²) in [4.78, 5) is -0.435. The summed E-state index contributed by atoms with van der Waals surface area (Å²) in [6.45, 7) is 0. The fraction of sp³-hybridized carbons (Fsp3) is 0.400. The topological polar surface area (TPSA) is 60.2 Å². The zero-order valence-corrected chi connectivity index (χ0v) is 9.48. The summed E-state index contributed by atoms with van der Waals surface area (Å²) in [5, 5.41) is 4.93. The minimum atomic E-state index is -4.45. The maximum Gasteiger partial charge on any atom is 0.398 e. The van der Waals surface area contributed by atoms with Gasteiger partial charge in [0, 0.05) is 0 Å². The molecule has 0 atom stereocenters. The fourth-order valence-corrected chi connectivity index (χ4v) is 2.78. The van der Waals surface area contributed by atoms with Crippen LogP contribution in [0.1, 0.15) is 18.4 Å². The molecule has 1 aromatic carbocycles. The lowest BCUT2D eigenvalue weighted by Gasteiger charge is -2.21. The molecule has 94 valence electrons. The molecule has 0 radical (unpaired) electrons. The number of nitrogens with two attached hydrogens (primary N) is 1. The summed E-state index contributed by atoms with van der Waals surface area (Å²) < 4.78 is 61.3. The van der Waals surface area contributed by atoms with Crippen LogP contribution in [-0.2, 0) is 15.4 Å². The van der Waals surface area contributed by atoms with Gasteiger partial charge in [0.05, 0.1) is 10.3 Å². The van der Waals surface area contributed by atoms with Crippen LogP contribution in [0.3, 0.4) is 0 Å². The quantitative estimate of drug-likeness (QED) is 0.888. The molecule has 7 heteroatoms. The van der Waals surface area contributed by atoms with Crippen LogP contribution < -0.4 is 5.14 Å². The average Bonchev–Trinajstić information content (AvgIpc) is 2.95. The Morgan fingerprint density at radius 3 is 2.12 bits per heavy atom. The van der Waals surface area contributed by atoms with Crippen molar-refractivity contribution in [3.63, 3.8) is 0 Å². The van der Waals surface area contributed by atoms with E-state index in [0.29, 0.717) is 0 Å². The predicted molar refractivity (Wildman–Crippen MR) is 54.8 cm³/mol. The van der Waals surface area contributed by atoms with Crippen LogP contribution in [0.2, 0.25) is 0 Å². The highest BCUT2D eigenvalue weighted by Gasteiger charge is 2.65. The van der Waals surface area contributed by atoms with Crippen LogP contribution in [0.4, 0.5) is 13.2 Å². The first kappa shape index (κ1) is 12.4. The second-order valence-corrected chi connectivity index (χ2v) is 5.65. The third-order valence-corrected chi connectivity index (χ3v) is 3.97. The third kappa shape index (κ3) is 1.93. The number of primary sulfonamides is 1. The van der Waals surface area contributed by atoms with Crippen molar-refractivity contribution in [1.82, 2.24) is 0 Å². The molecule has 0 aromatic heterocycles. The minimum absolute atomic E-state index is 0.0942. The molecular formula is C10H10F3NO2S. The Balaban J connectivity index is 2.63. The summed E-state index contributed by atoms with van der Waals surface area (Å²) in [5.41, 5.74) is -2.27. The monoisotopic (exact) mass is 265 g/mol. The minimum Gasteiger partial charge on any atom is -0.225 e. The predicted octanol–water partition coefficient (Wildman–Crippen LogP) is 1.93. The van der Waals surface area contributed by atoms with Crippen LogP contribution >= 0.6 is 0 Å². The molecule has 0 amide bonds. The van der Waals surface area contributed by atoms with E-state index in [4.69, 9.17) is 5.14 Å². The van der Waals surface area contributed by atoms with Gasteiger partial charge in [-0.3, -0.25) is 0 Å². The second kappa shape index (κ2) is 3.46. The smallest absolute Gasteiger partial charge is 0.225 e. The Morgan fingerprint density at radius 1 is 1.18 bits per heavy atom. The third-order valence-electron chi connectivity index (χ3n) is 3.00. The van der Waals surface area contributed by atoms with E-state index < -0.39 is 26.5 Å². The van der Waals surface area contributed by atoms with Gasteiger partial charge in [0.15, 0.2) is 0 Å². The van der Waals surface area contributed by atoms with Crippen molar-refractivity contribution < 1.29 is 21.6 Å². The summed E-state index contributed by atoms with van der Waals surface area (Å²) in [6.07, 6.45) is -4.64. The molecule has 2 N–H and O–H groups in total. The van der Waals surface area contributed by atoms with E-state index in [2.05, 4.69) is 0 Å². The van der Waals surface area contributed by atoms with Gasteiger partial charge in [0.1, 0.15) is 0 Å². The van der Waals surface area contributed by atoms with Gasteiger partial charge in [0.25, 0.3) is 0 Å². The molecule has 0 spiro atoms. The van der Waals surface area contributed by atoms with Crippen molar-refractivity contribution in [2.75, 3.05) is 0 Å². The van der Waals surface area contributed by atoms with Crippen molar-refractivity contribution in [2.45, 2.75) is 29.3 Å². The first-order valence-corrected chi connectivity index (χ1v) is 6.42. The van der Waals surface area contributed by atoms with Crippen LogP contribution in [0.15, 0.2) is 29.2 Å². The Kier molecular flexibility index (Phi) is 2.52. The van der Waals surface area contributed by atoms with E-state index in [1.807, 2.05) is 0 Å². The highest BCUT2D eigenvalue weighted by molar-refractivity contribution is 7.89. The summed E-state index contributed by atoms with van der Waals surface area (Å²) in [7, 11) is -4.14. The maximum atomic E-state index is 12.9. The molecule has 1 aliphatic rings. The van der Waals surface area contributed by atoms with Gasteiger partial charge in [-0.15, -0.1) is 0 Å². The molecule has 1 saturated carbocycles. The van der Waals surface area contributed by atoms with Gasteiger partial charge in [-0.25, -0.2) is 13.6 Å². The fourth-order valence-electron chi connectivity index (χ4n) is 1.94. The van der Waals surface area contributed by atoms with E-state index in [1.54, 1.807) is 0 Å². The van der Waals surface area contributed by atoms with Crippen LogP contribution in [0.25, 0.3) is 0 Å². The number of alkyl halides is 3. The molecule has 3 nitrogen and oxygen atoms in total. The maximum absolute atomic E-state index is 12.9. The van der Waals surface area contributed by atoms with E-state index in [9.17, 15) is 21.6 Å². The highest BCUT2D eigenvalue weighted by Crippen LogP contribution is 2.59. The first-order chi connectivity index (χ1) is 7.68. The number of halogens is 3. The van der Waals surface area contributed by atoms with Crippen molar-refractivity contribution in [3.05, 3.63) is 29.8 Å². The van der Waals surface area contributed by atoms with Gasteiger partial charge in [-0.1, -0.05) is 18.2 Å². The SMILES string of the molecule is NS(=O)(=O)c1ccccc1C1(C(F)(F)F)CC1. The molecule has 2 rings (SSSR count). The van der Waals surface area contributed by atoms with Crippen LogP contribution in [0.5, 0.6) is 0 Å². The molecule has 1 aromatic rings. The van der Waals surface area contributed by atoms with Crippen molar-refractivity contribution in [1.29, 1.82) is 0 Å². The number of hydrogen-bond donors (Lipinski definition) is 1. The molecule has 17 heavy (non-hydrogen) atoms. The Labute approximate surface area is 96.5 Å². The lowest BCUT2D eigenvalue weighted by Crippen LogP contribution is -2.31. The van der Waals surface area contributed by atoms with Crippen molar-refractivity contribution >= 4 is 10.0 Å². The normalized spacial score (nSPS) is 19.1. The number of sulfonamides is 1. The summed E-state index contributed by atoms with van der Waals surface area (Å²) in [5.74, 6) is 0. The van der Waals surface area contributed by atoms with Crippen LogP contribution in [0, 0.1) is 0 Å². The zero-order valence-electron chi connectivity index (χ0n) is 8.66. The van der Waals surface area contributed by atoms with Gasteiger partial charge >= 0.3 is 6.18 Å². The van der Waals surface area contributed by atoms with Gasteiger partial charge in [0.2, 0.25) is 10.0 Å². The van der Waals surface area contributed by atoms with Crippen molar-refractivity contribution in [3.8, 4) is 0 Å². The molecule has 0 unspecified atom stereocenters. The molecule has 0 heterocycles. The Hall–Kier alpha value is -1.08. The zero-order chi connectivity index (χ0) is 12.9. The first-order valence-electron chi connectivity index (χ1n) is 4.87. The molecule has 0 bridgehead atoms. The standard InChI is InChI=1S/C10H10F3NO2S/c11-10(12,13)9(5-6-9)7-3-1-2-4-8(7)17(14,15)16/h1-4H,5-6H2,(H2,14,15,16). The lowest BCUT2D eigenvalue weighted by atomic mass is 9.95. The van der Waals surface area contributed by atoms with Crippen molar-refractivity contribution in [2.24, 2.45) is 5.14 Å². The number of benzene rings is 1. The molecule has 0 aliphatic heterocycles. The molecule has 0 saturated heterocycles. The molecule has 1 fully saturated rings. The summed E-state index contributed by atoms with van der Waals surface area (Å²) >= 11 is 0. The highest BCUT2D eigenvalue weighted by atomic mass is 32.2. The summed E-state index contributed by atoms with van der Waals surface area (Å²) in [6, 6.07) is 5.03. The van der Waals surface area contributed by atoms with E-state index >= 15 is 0 Å². The lowest BCUT2D eigenvalue weighted by molar-refractivity contribution is -0.161. The van der Waals surface area contributed by atoms with Gasteiger partial charge in [-0.2, -0.15) is 13.2 Å². The molecular weight excluding hydrogens is 255 g/mol. The average molecular weight is 265 g/mol. The van der Waals surface area contributed by atoms with Gasteiger partial charge in [-0.05, 0) is 24.5 Å². The number of rotatable bonds is 2. The molecule has 1 aliphatic carbocycles. The Bertz CT molecular complexity index is 547. The number of hydrogen-bond acceptors (Lipinski definition) is 2.